The van der Waals surface area contributed by atoms with Crippen molar-refractivity contribution in [3.05, 3.63) is 64.9 Å². The number of halogens is 1. The van der Waals surface area contributed by atoms with Gasteiger partial charge in [0.25, 0.3) is 0 Å². The van der Waals surface area contributed by atoms with Gasteiger partial charge in [0.1, 0.15) is 0 Å². The summed E-state index contributed by atoms with van der Waals surface area (Å²) in [5.41, 5.74) is 1.97. The number of aromatic nitrogens is 1. The van der Waals surface area contributed by atoms with Crippen molar-refractivity contribution in [1.29, 1.82) is 0 Å². The highest BCUT2D eigenvalue weighted by molar-refractivity contribution is 6.30. The lowest BCUT2D eigenvalue weighted by molar-refractivity contribution is -0.122. The smallest absolute Gasteiger partial charge is 0.234 e. The number of carbonyl (C=O) groups is 1. The average molecular weight is 358 g/mol. The zero-order chi connectivity index (χ0) is 17.5. The molecular weight excluding hydrogens is 334 g/mol. The van der Waals surface area contributed by atoms with Crippen LogP contribution in [-0.2, 0) is 4.79 Å². The summed E-state index contributed by atoms with van der Waals surface area (Å²) in [6.45, 7) is 2.46. The Hall–Kier alpha value is -1.91. The van der Waals surface area contributed by atoms with Gasteiger partial charge in [-0.05, 0) is 55.3 Å². The Morgan fingerprint density at radius 1 is 1.08 bits per heavy atom. The van der Waals surface area contributed by atoms with E-state index in [4.69, 9.17) is 11.6 Å². The standard InChI is InChI=1S/C20H24ClN3O/c21-18-9-7-16(8-10-18)20(17-6-5-11-22-14-17)23-19(25)15-24-12-3-1-2-4-13-24/h5-11,14,20H,1-4,12-13,15H2,(H,23,25)/t20-/m0/s1. The van der Waals surface area contributed by atoms with Crippen molar-refractivity contribution in [3.8, 4) is 0 Å². The number of pyridine rings is 1. The van der Waals surface area contributed by atoms with E-state index in [2.05, 4.69) is 15.2 Å². The lowest BCUT2D eigenvalue weighted by atomic mass is 10.00. The Kier molecular flexibility index (Phi) is 6.42. The van der Waals surface area contributed by atoms with Gasteiger partial charge in [0.05, 0.1) is 12.6 Å². The molecular formula is C20H24ClN3O. The van der Waals surface area contributed by atoms with Crippen LogP contribution in [0.25, 0.3) is 0 Å². The maximum Gasteiger partial charge on any atom is 0.234 e. The molecule has 0 radical (unpaired) electrons. The third-order valence-corrected chi connectivity index (χ3v) is 4.84. The number of nitrogens with zero attached hydrogens (tertiary/aromatic N) is 2. The first-order valence-corrected chi connectivity index (χ1v) is 9.27. The summed E-state index contributed by atoms with van der Waals surface area (Å²) in [5.74, 6) is 0.0469. The molecule has 2 heterocycles. The van der Waals surface area contributed by atoms with Gasteiger partial charge in [0.15, 0.2) is 0 Å². The molecule has 0 spiro atoms. The van der Waals surface area contributed by atoms with Gasteiger partial charge < -0.3 is 5.32 Å². The number of nitrogens with one attached hydrogen (secondary N) is 1. The first kappa shape index (κ1) is 17.9. The van der Waals surface area contributed by atoms with Gasteiger partial charge in [-0.2, -0.15) is 0 Å². The largest absolute Gasteiger partial charge is 0.344 e. The van der Waals surface area contributed by atoms with E-state index in [1.807, 2.05) is 36.4 Å². The fourth-order valence-corrected chi connectivity index (χ4v) is 3.39. The second-order valence-corrected chi connectivity index (χ2v) is 6.97. The van der Waals surface area contributed by atoms with Crippen LogP contribution in [0.1, 0.15) is 42.9 Å². The third-order valence-electron chi connectivity index (χ3n) is 4.59. The van der Waals surface area contributed by atoms with E-state index < -0.39 is 0 Å². The van der Waals surface area contributed by atoms with Crippen LogP contribution in [0.15, 0.2) is 48.8 Å². The molecule has 1 aliphatic heterocycles. The highest BCUT2D eigenvalue weighted by Crippen LogP contribution is 2.23. The summed E-state index contributed by atoms with van der Waals surface area (Å²) in [6.07, 6.45) is 8.42. The molecule has 0 saturated carbocycles. The monoisotopic (exact) mass is 357 g/mol. The highest BCUT2D eigenvalue weighted by atomic mass is 35.5. The van der Waals surface area contributed by atoms with Gasteiger partial charge in [-0.25, -0.2) is 0 Å². The molecule has 1 saturated heterocycles. The maximum atomic E-state index is 12.6. The zero-order valence-electron chi connectivity index (χ0n) is 14.3. The minimum atomic E-state index is -0.217. The Morgan fingerprint density at radius 2 is 1.80 bits per heavy atom. The molecule has 1 aliphatic rings. The minimum Gasteiger partial charge on any atom is -0.344 e. The van der Waals surface area contributed by atoms with E-state index in [1.165, 1.54) is 25.7 Å². The number of hydrogen-bond acceptors (Lipinski definition) is 3. The summed E-state index contributed by atoms with van der Waals surface area (Å²) in [4.78, 5) is 19.1. The van der Waals surface area contributed by atoms with Gasteiger partial charge in [-0.1, -0.05) is 42.6 Å². The molecule has 1 aromatic heterocycles. The molecule has 0 unspecified atom stereocenters. The quantitative estimate of drug-likeness (QED) is 0.884. The van der Waals surface area contributed by atoms with E-state index in [0.29, 0.717) is 11.6 Å². The molecule has 5 heteroatoms. The molecule has 132 valence electrons. The number of rotatable bonds is 5. The van der Waals surface area contributed by atoms with E-state index in [9.17, 15) is 4.79 Å². The number of benzene rings is 1. The molecule has 4 nitrogen and oxygen atoms in total. The second-order valence-electron chi connectivity index (χ2n) is 6.53. The van der Waals surface area contributed by atoms with Crippen molar-refractivity contribution >= 4 is 17.5 Å². The van der Waals surface area contributed by atoms with E-state index in [1.54, 1.807) is 12.4 Å². The molecule has 1 atom stereocenters. The van der Waals surface area contributed by atoms with Gasteiger partial charge >= 0.3 is 0 Å². The molecule has 2 aromatic rings. The van der Waals surface area contributed by atoms with Crippen molar-refractivity contribution in [2.75, 3.05) is 19.6 Å². The number of amides is 1. The first-order valence-electron chi connectivity index (χ1n) is 8.89. The van der Waals surface area contributed by atoms with Gasteiger partial charge in [0, 0.05) is 17.4 Å². The van der Waals surface area contributed by atoms with Crippen molar-refractivity contribution in [3.63, 3.8) is 0 Å². The molecule has 3 rings (SSSR count). The van der Waals surface area contributed by atoms with Crippen LogP contribution in [0.5, 0.6) is 0 Å². The van der Waals surface area contributed by atoms with Crippen molar-refractivity contribution in [2.45, 2.75) is 31.7 Å². The highest BCUT2D eigenvalue weighted by Gasteiger charge is 2.19. The molecule has 1 N–H and O–H groups in total. The van der Waals surface area contributed by atoms with E-state index >= 15 is 0 Å². The summed E-state index contributed by atoms with van der Waals surface area (Å²) in [5, 5.41) is 3.86. The Labute approximate surface area is 154 Å². The van der Waals surface area contributed by atoms with Crippen LogP contribution >= 0.6 is 11.6 Å². The van der Waals surface area contributed by atoms with Gasteiger partial charge in [0.2, 0.25) is 5.91 Å². The third kappa shape index (κ3) is 5.28. The van der Waals surface area contributed by atoms with E-state index in [-0.39, 0.29) is 11.9 Å². The Balaban J connectivity index is 1.73. The minimum absolute atomic E-state index is 0.0469. The summed E-state index contributed by atoms with van der Waals surface area (Å²) in [6, 6.07) is 11.3. The average Bonchev–Trinajstić information content (AvgIpc) is 2.90. The first-order chi connectivity index (χ1) is 12.2. The summed E-state index contributed by atoms with van der Waals surface area (Å²) < 4.78 is 0. The molecule has 1 fully saturated rings. The molecule has 1 amide bonds. The van der Waals surface area contributed by atoms with Crippen molar-refractivity contribution < 1.29 is 4.79 Å². The van der Waals surface area contributed by atoms with Crippen LogP contribution < -0.4 is 5.32 Å². The number of carbonyl (C=O) groups excluding carboxylic acids is 1. The van der Waals surface area contributed by atoms with Crippen LogP contribution in [0.3, 0.4) is 0 Å². The fourth-order valence-electron chi connectivity index (χ4n) is 3.27. The molecule has 1 aromatic carbocycles. The van der Waals surface area contributed by atoms with Crippen LogP contribution in [0.4, 0.5) is 0 Å². The zero-order valence-corrected chi connectivity index (χ0v) is 15.1. The van der Waals surface area contributed by atoms with Crippen LogP contribution in [0.2, 0.25) is 5.02 Å². The maximum absolute atomic E-state index is 12.6. The predicted octanol–water partition coefficient (Wildman–Crippen LogP) is 3.82. The molecule has 0 aliphatic carbocycles. The van der Waals surface area contributed by atoms with E-state index in [0.717, 1.165) is 24.2 Å². The number of likely N-dealkylation sites (tertiary alicyclic amines) is 1. The van der Waals surface area contributed by atoms with Crippen LogP contribution in [0, 0.1) is 0 Å². The lowest BCUT2D eigenvalue weighted by Gasteiger charge is -2.23. The summed E-state index contributed by atoms with van der Waals surface area (Å²) >= 11 is 6.01. The fraction of sp³-hybridized carbons (Fsp3) is 0.400. The van der Waals surface area contributed by atoms with Crippen molar-refractivity contribution in [2.24, 2.45) is 0 Å². The van der Waals surface area contributed by atoms with Gasteiger partial charge in [-0.15, -0.1) is 0 Å². The topological polar surface area (TPSA) is 45.2 Å². The molecule has 25 heavy (non-hydrogen) atoms. The Bertz CT molecular complexity index is 667. The SMILES string of the molecule is O=C(CN1CCCCCC1)N[C@@H](c1ccc(Cl)cc1)c1cccnc1. The lowest BCUT2D eigenvalue weighted by Crippen LogP contribution is -2.39. The predicted molar refractivity (Wildman–Crippen MR) is 101 cm³/mol. The number of hydrogen-bond donors (Lipinski definition) is 1. The normalized spacial score (nSPS) is 16.8. The molecule has 0 bridgehead atoms. The summed E-state index contributed by atoms with van der Waals surface area (Å²) in [7, 11) is 0. The Morgan fingerprint density at radius 3 is 2.44 bits per heavy atom. The van der Waals surface area contributed by atoms with Gasteiger partial charge in [-0.3, -0.25) is 14.7 Å². The second kappa shape index (κ2) is 8.97. The van der Waals surface area contributed by atoms with Crippen molar-refractivity contribution in [1.82, 2.24) is 15.2 Å². The van der Waals surface area contributed by atoms with Crippen LogP contribution in [-0.4, -0.2) is 35.4 Å².